The van der Waals surface area contributed by atoms with Gasteiger partial charge in [0.15, 0.2) is 0 Å². The number of hydrogen-bond acceptors (Lipinski definition) is 4. The van der Waals surface area contributed by atoms with E-state index in [0.29, 0.717) is 41.8 Å². The van der Waals surface area contributed by atoms with Crippen molar-refractivity contribution >= 4 is 10.9 Å². The third-order valence-corrected chi connectivity index (χ3v) is 4.35. The van der Waals surface area contributed by atoms with Crippen molar-refractivity contribution in [3.05, 3.63) is 40.4 Å². The van der Waals surface area contributed by atoms with Gasteiger partial charge in [-0.15, -0.1) is 0 Å². The van der Waals surface area contributed by atoms with Gasteiger partial charge >= 0.3 is 0 Å². The molecule has 0 spiro atoms. The normalized spacial score (nSPS) is 22.0. The topological polar surface area (TPSA) is 81.0 Å². The van der Waals surface area contributed by atoms with Crippen molar-refractivity contribution in [3.63, 3.8) is 0 Å². The summed E-state index contributed by atoms with van der Waals surface area (Å²) in [4.78, 5) is 19.2. The maximum Gasteiger partial charge on any atom is 0.258 e. The number of aromatic amines is 1. The van der Waals surface area contributed by atoms with Crippen LogP contribution in [0.15, 0.2) is 29.1 Å². The van der Waals surface area contributed by atoms with Crippen LogP contribution >= 0.6 is 0 Å². The second kappa shape index (κ2) is 6.37. The van der Waals surface area contributed by atoms with Crippen molar-refractivity contribution < 1.29 is 4.74 Å². The molecule has 3 rings (SSSR count). The van der Waals surface area contributed by atoms with Crippen molar-refractivity contribution in [2.75, 3.05) is 13.2 Å². The molecule has 2 unspecified atom stereocenters. The highest BCUT2D eigenvalue weighted by molar-refractivity contribution is 5.77. The van der Waals surface area contributed by atoms with E-state index in [1.807, 2.05) is 18.2 Å². The summed E-state index contributed by atoms with van der Waals surface area (Å²) in [6, 6.07) is 7.33. The highest BCUT2D eigenvalue weighted by atomic mass is 16.5. The number of hydrogen-bond donors (Lipinski definition) is 2. The fourth-order valence-electron chi connectivity index (χ4n) is 3.15. The summed E-state index contributed by atoms with van der Waals surface area (Å²) in [5.74, 6) is 1.71. The highest BCUT2D eigenvalue weighted by Crippen LogP contribution is 2.31. The maximum absolute atomic E-state index is 11.9. The summed E-state index contributed by atoms with van der Waals surface area (Å²) in [5.41, 5.74) is 6.37. The molecule has 3 N–H and O–H groups in total. The SMILES string of the molecule is NCC1CCCC1COCc1nc2ccccc2c(=O)[nH]1. The molecule has 0 bridgehead atoms. The lowest BCUT2D eigenvalue weighted by Crippen LogP contribution is -2.22. The van der Waals surface area contributed by atoms with Gasteiger partial charge in [0, 0.05) is 0 Å². The monoisotopic (exact) mass is 287 g/mol. The van der Waals surface area contributed by atoms with Gasteiger partial charge in [-0.1, -0.05) is 18.6 Å². The van der Waals surface area contributed by atoms with E-state index in [1.54, 1.807) is 6.07 Å². The summed E-state index contributed by atoms with van der Waals surface area (Å²) in [6.45, 7) is 1.77. The van der Waals surface area contributed by atoms with Gasteiger partial charge in [0.1, 0.15) is 12.4 Å². The Bertz CT molecular complexity index is 668. The Kier molecular flexibility index (Phi) is 4.31. The number of nitrogens with zero attached hydrogens (tertiary/aromatic N) is 1. The summed E-state index contributed by atoms with van der Waals surface area (Å²) >= 11 is 0. The highest BCUT2D eigenvalue weighted by Gasteiger charge is 2.26. The minimum atomic E-state index is -0.111. The third kappa shape index (κ3) is 3.14. The minimum Gasteiger partial charge on any atom is -0.373 e. The zero-order chi connectivity index (χ0) is 14.7. The lowest BCUT2D eigenvalue weighted by Gasteiger charge is -2.17. The van der Waals surface area contributed by atoms with Crippen molar-refractivity contribution in [3.8, 4) is 0 Å². The number of benzene rings is 1. The minimum absolute atomic E-state index is 0.111. The van der Waals surface area contributed by atoms with Gasteiger partial charge in [-0.05, 0) is 43.4 Å². The molecule has 0 radical (unpaired) electrons. The van der Waals surface area contributed by atoms with Crippen molar-refractivity contribution in [1.29, 1.82) is 0 Å². The van der Waals surface area contributed by atoms with Gasteiger partial charge in [-0.25, -0.2) is 4.98 Å². The molecule has 1 aromatic carbocycles. The van der Waals surface area contributed by atoms with E-state index in [-0.39, 0.29) is 5.56 Å². The average molecular weight is 287 g/mol. The second-order valence-corrected chi connectivity index (χ2v) is 5.73. The zero-order valence-electron chi connectivity index (χ0n) is 12.0. The lowest BCUT2D eigenvalue weighted by atomic mass is 9.97. The Labute approximate surface area is 123 Å². The summed E-state index contributed by atoms with van der Waals surface area (Å²) in [5, 5.41) is 0.611. The fraction of sp³-hybridized carbons (Fsp3) is 0.500. The fourth-order valence-corrected chi connectivity index (χ4v) is 3.15. The van der Waals surface area contributed by atoms with Crippen LogP contribution in [0.1, 0.15) is 25.1 Å². The van der Waals surface area contributed by atoms with Crippen LogP contribution in [0, 0.1) is 11.8 Å². The zero-order valence-corrected chi connectivity index (χ0v) is 12.0. The number of H-pyrrole nitrogens is 1. The number of rotatable bonds is 5. The van der Waals surface area contributed by atoms with Crippen molar-refractivity contribution in [2.24, 2.45) is 17.6 Å². The molecule has 1 aromatic heterocycles. The maximum atomic E-state index is 11.9. The molecular weight excluding hydrogens is 266 g/mol. The average Bonchev–Trinajstić information content (AvgIpc) is 2.95. The number of nitrogens with one attached hydrogen (secondary N) is 1. The molecule has 2 aromatic rings. The Morgan fingerprint density at radius 3 is 2.95 bits per heavy atom. The molecular formula is C16H21N3O2. The van der Waals surface area contributed by atoms with Crippen LogP contribution in [-0.4, -0.2) is 23.1 Å². The predicted molar refractivity (Wildman–Crippen MR) is 81.9 cm³/mol. The summed E-state index contributed by atoms with van der Waals surface area (Å²) in [6.07, 6.45) is 3.63. The molecule has 0 amide bonds. The smallest absolute Gasteiger partial charge is 0.258 e. The molecule has 0 saturated heterocycles. The van der Waals surface area contributed by atoms with Crippen LogP contribution in [0.4, 0.5) is 0 Å². The molecule has 1 saturated carbocycles. The van der Waals surface area contributed by atoms with Gasteiger partial charge < -0.3 is 15.5 Å². The number of ether oxygens (including phenoxy) is 1. The first kappa shape index (κ1) is 14.2. The van der Waals surface area contributed by atoms with Crippen LogP contribution in [0.2, 0.25) is 0 Å². The van der Waals surface area contributed by atoms with Crippen LogP contribution in [-0.2, 0) is 11.3 Å². The quantitative estimate of drug-likeness (QED) is 0.879. The number of aromatic nitrogens is 2. The van der Waals surface area contributed by atoms with E-state index in [1.165, 1.54) is 19.3 Å². The first-order chi connectivity index (χ1) is 10.3. The first-order valence-corrected chi connectivity index (χ1v) is 7.53. The first-order valence-electron chi connectivity index (χ1n) is 7.53. The summed E-state index contributed by atoms with van der Waals surface area (Å²) in [7, 11) is 0. The number of fused-ring (bicyclic) bond motifs is 1. The number of para-hydroxylation sites is 1. The Balaban J connectivity index is 1.64. The third-order valence-electron chi connectivity index (χ3n) is 4.35. The molecule has 0 aliphatic heterocycles. The van der Waals surface area contributed by atoms with Crippen LogP contribution in [0.5, 0.6) is 0 Å². The Morgan fingerprint density at radius 1 is 1.29 bits per heavy atom. The molecule has 1 heterocycles. The van der Waals surface area contributed by atoms with Crippen LogP contribution in [0.3, 0.4) is 0 Å². The second-order valence-electron chi connectivity index (χ2n) is 5.73. The molecule has 1 aliphatic carbocycles. The van der Waals surface area contributed by atoms with E-state index in [9.17, 15) is 4.79 Å². The largest absolute Gasteiger partial charge is 0.373 e. The van der Waals surface area contributed by atoms with E-state index in [2.05, 4.69) is 9.97 Å². The van der Waals surface area contributed by atoms with Crippen LogP contribution in [0.25, 0.3) is 10.9 Å². The predicted octanol–water partition coefficient (Wildman–Crippen LogP) is 1.81. The molecule has 1 aliphatic rings. The molecule has 1 fully saturated rings. The number of nitrogens with two attached hydrogens (primary N) is 1. The van der Waals surface area contributed by atoms with Gasteiger partial charge in [-0.3, -0.25) is 4.79 Å². The van der Waals surface area contributed by atoms with E-state index < -0.39 is 0 Å². The van der Waals surface area contributed by atoms with Gasteiger partial charge in [0.2, 0.25) is 0 Å². The summed E-state index contributed by atoms with van der Waals surface area (Å²) < 4.78 is 5.75. The van der Waals surface area contributed by atoms with Gasteiger partial charge in [0.25, 0.3) is 5.56 Å². The van der Waals surface area contributed by atoms with E-state index in [0.717, 1.165) is 6.54 Å². The van der Waals surface area contributed by atoms with E-state index >= 15 is 0 Å². The van der Waals surface area contributed by atoms with Crippen LogP contribution < -0.4 is 11.3 Å². The Morgan fingerprint density at radius 2 is 2.10 bits per heavy atom. The standard InChI is InChI=1S/C16H21N3O2/c17-8-11-4-3-5-12(11)9-21-10-15-18-14-7-2-1-6-13(14)16(20)19-15/h1-2,6-7,11-12H,3-5,8-10,17H2,(H,18,19,20). The Hall–Kier alpha value is -1.72. The lowest BCUT2D eigenvalue weighted by molar-refractivity contribution is 0.0713. The molecule has 5 nitrogen and oxygen atoms in total. The van der Waals surface area contributed by atoms with Gasteiger partial charge in [-0.2, -0.15) is 0 Å². The molecule has 5 heteroatoms. The van der Waals surface area contributed by atoms with Crippen molar-refractivity contribution in [1.82, 2.24) is 9.97 Å². The van der Waals surface area contributed by atoms with Gasteiger partial charge in [0.05, 0.1) is 17.5 Å². The molecule has 112 valence electrons. The van der Waals surface area contributed by atoms with E-state index in [4.69, 9.17) is 10.5 Å². The molecule has 21 heavy (non-hydrogen) atoms. The molecule has 2 atom stereocenters. The van der Waals surface area contributed by atoms with Crippen molar-refractivity contribution in [2.45, 2.75) is 25.9 Å².